The third-order valence-corrected chi connectivity index (χ3v) is 10.6. The number of rotatable bonds is 8. The summed E-state index contributed by atoms with van der Waals surface area (Å²) in [4.78, 5) is 14.9. The fraction of sp³-hybridized carbons (Fsp3) is 0.536. The Morgan fingerprint density at radius 3 is 2.24 bits per heavy atom. The molecule has 6 rings (SSSR count). The first-order valence-electron chi connectivity index (χ1n) is 13.7. The Kier molecular flexibility index (Phi) is 7.26. The van der Waals surface area contributed by atoms with Gasteiger partial charge < -0.3 is 4.74 Å². The summed E-state index contributed by atoms with van der Waals surface area (Å²) in [7, 11) is -3.82. The molecular weight excluding hydrogens is 591 g/mol. The van der Waals surface area contributed by atoms with Gasteiger partial charge in [0.15, 0.2) is 11.6 Å². The first kappa shape index (κ1) is 28.7. The number of carbonyl (C=O) groups is 1. The molecular formula is C28H28ClF5N2O4S. The van der Waals surface area contributed by atoms with Crippen LogP contribution in [-0.2, 0) is 22.7 Å². The number of sulfonamides is 1. The highest BCUT2D eigenvalue weighted by Gasteiger charge is 2.43. The number of benzene rings is 2. The zero-order chi connectivity index (χ0) is 29.3. The number of fused-ring (bicyclic) bond motifs is 2. The Labute approximate surface area is 239 Å². The molecule has 2 aliphatic carbocycles. The van der Waals surface area contributed by atoms with E-state index in [9.17, 15) is 30.8 Å². The second kappa shape index (κ2) is 10.4. The molecule has 2 saturated heterocycles. The number of hydrogen-bond acceptors (Lipinski definition) is 5. The Morgan fingerprint density at radius 2 is 1.66 bits per heavy atom. The predicted molar refractivity (Wildman–Crippen MR) is 140 cm³/mol. The van der Waals surface area contributed by atoms with Crippen LogP contribution in [0.15, 0.2) is 24.3 Å². The second-order valence-corrected chi connectivity index (χ2v) is 13.9. The summed E-state index contributed by atoms with van der Waals surface area (Å²) in [6.07, 6.45) is 0.00454. The molecule has 1 amide bonds. The van der Waals surface area contributed by atoms with Crippen molar-refractivity contribution in [1.29, 1.82) is 0 Å². The van der Waals surface area contributed by atoms with Crippen LogP contribution in [-0.4, -0.2) is 42.7 Å². The van der Waals surface area contributed by atoms with E-state index in [1.54, 1.807) is 0 Å². The first-order chi connectivity index (χ1) is 19.3. The van der Waals surface area contributed by atoms with Gasteiger partial charge in [0.25, 0.3) is 5.91 Å². The van der Waals surface area contributed by atoms with Gasteiger partial charge in [0.2, 0.25) is 10.0 Å². The highest BCUT2D eigenvalue weighted by Crippen LogP contribution is 2.45. The lowest BCUT2D eigenvalue weighted by Gasteiger charge is -2.39. The SMILES string of the molecule is O=C(NS(=O)(=O)C1CC1)c1cc(C2CC2)c(CN2C3CC[C@@H]2C[C@H](Oc2cc(C(F)(F)F)cc(Cl)c2F)C3)cc1F. The maximum absolute atomic E-state index is 15.2. The largest absolute Gasteiger partial charge is 0.487 e. The molecule has 2 aromatic rings. The van der Waals surface area contributed by atoms with E-state index in [0.717, 1.165) is 36.8 Å². The lowest BCUT2D eigenvalue weighted by atomic mass is 9.95. The van der Waals surface area contributed by atoms with E-state index in [0.29, 0.717) is 44.4 Å². The minimum atomic E-state index is -4.70. The van der Waals surface area contributed by atoms with Crippen molar-refractivity contribution in [1.82, 2.24) is 9.62 Å². The lowest BCUT2D eigenvalue weighted by Crippen LogP contribution is -2.46. The fourth-order valence-corrected chi connectivity index (χ4v) is 7.63. The first-order valence-corrected chi connectivity index (χ1v) is 15.6. The van der Waals surface area contributed by atoms with Gasteiger partial charge in [-0.25, -0.2) is 21.9 Å². The van der Waals surface area contributed by atoms with Crippen LogP contribution in [0.1, 0.15) is 84.3 Å². The summed E-state index contributed by atoms with van der Waals surface area (Å²) in [5, 5.41) is -1.27. The highest BCUT2D eigenvalue weighted by molar-refractivity contribution is 7.91. The van der Waals surface area contributed by atoms with E-state index in [1.807, 2.05) is 4.72 Å². The molecule has 3 atom stereocenters. The summed E-state index contributed by atoms with van der Waals surface area (Å²) in [6.45, 7) is 0.400. The number of piperidine rings is 1. The van der Waals surface area contributed by atoms with Crippen molar-refractivity contribution in [3.8, 4) is 5.75 Å². The Bertz CT molecular complexity index is 1480. The van der Waals surface area contributed by atoms with Crippen molar-refractivity contribution in [2.24, 2.45) is 0 Å². The maximum Gasteiger partial charge on any atom is 0.416 e. The molecule has 2 aliphatic heterocycles. The molecule has 2 saturated carbocycles. The number of nitrogens with one attached hydrogen (secondary N) is 1. The van der Waals surface area contributed by atoms with Gasteiger partial charge in [0.1, 0.15) is 11.9 Å². The van der Waals surface area contributed by atoms with Gasteiger partial charge in [-0.3, -0.25) is 9.69 Å². The molecule has 6 nitrogen and oxygen atoms in total. The third-order valence-electron chi connectivity index (χ3n) is 8.50. The summed E-state index contributed by atoms with van der Waals surface area (Å²) >= 11 is 5.71. The summed E-state index contributed by atoms with van der Waals surface area (Å²) in [5.41, 5.74) is 0.158. The van der Waals surface area contributed by atoms with Crippen molar-refractivity contribution in [3.05, 3.63) is 63.2 Å². The Morgan fingerprint density at radius 1 is 1.00 bits per heavy atom. The standard InChI is InChI=1S/C28H28ClF5N2O4S/c29-23-8-16(28(32,33)34)9-25(26(23)31)40-19-10-17-3-4-18(11-19)36(17)13-15-7-24(30)22(12-21(15)14-1-2-14)27(37)35-41(38,39)20-5-6-20/h7-9,12,14,17-20H,1-6,10-11,13H2,(H,35,37)/t17-,18?,19+/m1/s1. The van der Waals surface area contributed by atoms with Crippen LogP contribution >= 0.6 is 11.6 Å². The molecule has 4 fully saturated rings. The maximum atomic E-state index is 15.2. The van der Waals surface area contributed by atoms with Gasteiger partial charge in [-0.2, -0.15) is 13.2 Å². The van der Waals surface area contributed by atoms with Crippen molar-refractivity contribution >= 4 is 27.5 Å². The number of alkyl halides is 3. The average Bonchev–Trinajstić information content (AvgIpc) is 3.79. The minimum Gasteiger partial charge on any atom is -0.487 e. The summed E-state index contributed by atoms with van der Waals surface area (Å²) < 4.78 is 102. The van der Waals surface area contributed by atoms with E-state index in [4.69, 9.17) is 16.3 Å². The monoisotopic (exact) mass is 618 g/mol. The third kappa shape index (κ3) is 5.92. The molecule has 2 aromatic carbocycles. The quantitative estimate of drug-likeness (QED) is 0.351. The smallest absolute Gasteiger partial charge is 0.416 e. The minimum absolute atomic E-state index is 0.00939. The van der Waals surface area contributed by atoms with Crippen molar-refractivity contribution in [3.63, 3.8) is 0 Å². The van der Waals surface area contributed by atoms with Crippen molar-refractivity contribution in [2.45, 2.75) is 93.4 Å². The van der Waals surface area contributed by atoms with Gasteiger partial charge in [-0.05, 0) is 92.7 Å². The van der Waals surface area contributed by atoms with Gasteiger partial charge in [0, 0.05) is 18.6 Å². The summed E-state index contributed by atoms with van der Waals surface area (Å²) in [5.74, 6) is -3.17. The van der Waals surface area contributed by atoms with Crippen LogP contribution in [0.2, 0.25) is 5.02 Å². The summed E-state index contributed by atoms with van der Waals surface area (Å²) in [6, 6.07) is 3.93. The molecule has 0 radical (unpaired) electrons. The van der Waals surface area contributed by atoms with E-state index < -0.39 is 61.4 Å². The van der Waals surface area contributed by atoms with Gasteiger partial charge >= 0.3 is 6.18 Å². The molecule has 4 aliphatic rings. The second-order valence-electron chi connectivity index (χ2n) is 11.5. The molecule has 1 unspecified atom stereocenters. The van der Waals surface area contributed by atoms with Crippen LogP contribution in [0.5, 0.6) is 5.75 Å². The molecule has 41 heavy (non-hydrogen) atoms. The Hall–Kier alpha value is -2.44. The van der Waals surface area contributed by atoms with Crippen LogP contribution < -0.4 is 9.46 Å². The Balaban J connectivity index is 1.18. The number of halogens is 6. The molecule has 13 heteroatoms. The highest BCUT2D eigenvalue weighted by atomic mass is 35.5. The average molecular weight is 619 g/mol. The van der Waals surface area contributed by atoms with E-state index >= 15 is 4.39 Å². The molecule has 2 bridgehead atoms. The van der Waals surface area contributed by atoms with E-state index in [1.165, 1.54) is 12.1 Å². The number of hydrogen-bond donors (Lipinski definition) is 1. The predicted octanol–water partition coefficient (Wildman–Crippen LogP) is 6.31. The number of ether oxygens (including phenoxy) is 1. The molecule has 0 spiro atoms. The number of carbonyl (C=O) groups excluding carboxylic acids is 1. The van der Waals surface area contributed by atoms with E-state index in [-0.39, 0.29) is 23.6 Å². The van der Waals surface area contributed by atoms with Crippen LogP contribution in [0, 0.1) is 11.6 Å². The van der Waals surface area contributed by atoms with Gasteiger partial charge in [-0.15, -0.1) is 0 Å². The topological polar surface area (TPSA) is 75.7 Å². The molecule has 2 heterocycles. The number of nitrogens with zero attached hydrogens (tertiary/aromatic N) is 1. The number of amides is 1. The normalized spacial score (nSPS) is 24.9. The fourth-order valence-electron chi connectivity index (χ4n) is 6.13. The zero-order valence-electron chi connectivity index (χ0n) is 21.8. The van der Waals surface area contributed by atoms with Crippen LogP contribution in [0.4, 0.5) is 22.0 Å². The van der Waals surface area contributed by atoms with Crippen LogP contribution in [0.3, 0.4) is 0 Å². The van der Waals surface area contributed by atoms with Gasteiger partial charge in [-0.1, -0.05) is 11.6 Å². The van der Waals surface area contributed by atoms with E-state index in [2.05, 4.69) is 4.90 Å². The molecule has 222 valence electrons. The van der Waals surface area contributed by atoms with Crippen molar-refractivity contribution < 1.29 is 39.9 Å². The van der Waals surface area contributed by atoms with Gasteiger partial charge in [0.05, 0.1) is 21.4 Å². The zero-order valence-corrected chi connectivity index (χ0v) is 23.4. The molecule has 1 N–H and O–H groups in total. The molecule has 0 aromatic heterocycles. The lowest BCUT2D eigenvalue weighted by molar-refractivity contribution is -0.137. The van der Waals surface area contributed by atoms with Crippen LogP contribution in [0.25, 0.3) is 0 Å². The van der Waals surface area contributed by atoms with Crippen molar-refractivity contribution in [2.75, 3.05) is 0 Å².